The Balaban J connectivity index is 1.70. The van der Waals surface area contributed by atoms with Crippen LogP contribution in [0.1, 0.15) is 0 Å². The molecule has 0 radical (unpaired) electrons. The van der Waals surface area contributed by atoms with Crippen molar-refractivity contribution >= 4 is 34.2 Å². The average molecular weight is 292 g/mol. The summed E-state index contributed by atoms with van der Waals surface area (Å²) in [5.74, 6) is 0. The molecule has 0 bridgehead atoms. The van der Waals surface area contributed by atoms with Crippen molar-refractivity contribution in [3.05, 3.63) is 23.4 Å². The Labute approximate surface area is 120 Å². The lowest BCUT2D eigenvalue weighted by molar-refractivity contribution is 0.198. The van der Waals surface area contributed by atoms with Crippen LogP contribution in [0.25, 0.3) is 10.9 Å². The lowest BCUT2D eigenvalue weighted by Crippen LogP contribution is -2.52. The predicted molar refractivity (Wildman–Crippen MR) is 77.2 cm³/mol. The van der Waals surface area contributed by atoms with Crippen molar-refractivity contribution in [1.82, 2.24) is 20.4 Å². The number of piperazine rings is 1. The molecule has 2 saturated heterocycles. The third-order valence-electron chi connectivity index (χ3n) is 4.07. The van der Waals surface area contributed by atoms with Gasteiger partial charge in [-0.1, -0.05) is 11.6 Å². The molecular formula is C13H14ClN5O. The lowest BCUT2D eigenvalue weighted by atomic mass is 10.1. The summed E-state index contributed by atoms with van der Waals surface area (Å²) < 4.78 is 0. The fourth-order valence-corrected chi connectivity index (χ4v) is 3.30. The number of fused-ring (bicyclic) bond motifs is 2. The number of halogens is 1. The van der Waals surface area contributed by atoms with E-state index in [0.717, 1.165) is 36.2 Å². The van der Waals surface area contributed by atoms with E-state index in [2.05, 4.69) is 20.4 Å². The average Bonchev–Trinajstić information content (AvgIpc) is 3.04. The number of benzene rings is 1. The van der Waals surface area contributed by atoms with Gasteiger partial charge in [0.1, 0.15) is 0 Å². The lowest BCUT2D eigenvalue weighted by Gasteiger charge is -2.38. The molecule has 3 heterocycles. The van der Waals surface area contributed by atoms with E-state index in [-0.39, 0.29) is 12.1 Å². The summed E-state index contributed by atoms with van der Waals surface area (Å²) in [6.45, 7) is 3.08. The highest BCUT2D eigenvalue weighted by atomic mass is 35.5. The molecule has 7 heteroatoms. The number of nitrogens with one attached hydrogen (secondary N) is 2. The molecule has 2 aliphatic rings. The van der Waals surface area contributed by atoms with Crippen molar-refractivity contribution in [2.45, 2.75) is 6.04 Å². The summed E-state index contributed by atoms with van der Waals surface area (Å²) in [6, 6.07) is 4.13. The van der Waals surface area contributed by atoms with Crippen LogP contribution in [0, 0.1) is 0 Å². The van der Waals surface area contributed by atoms with Crippen molar-refractivity contribution in [3.8, 4) is 0 Å². The van der Waals surface area contributed by atoms with Crippen molar-refractivity contribution in [3.63, 3.8) is 0 Å². The van der Waals surface area contributed by atoms with Gasteiger partial charge in [0.15, 0.2) is 0 Å². The third-order valence-corrected chi connectivity index (χ3v) is 4.29. The molecule has 2 fully saturated rings. The Morgan fingerprint density at radius 2 is 2.25 bits per heavy atom. The Hall–Kier alpha value is -1.95. The van der Waals surface area contributed by atoms with E-state index in [4.69, 9.17) is 11.6 Å². The monoisotopic (exact) mass is 291 g/mol. The zero-order valence-electron chi connectivity index (χ0n) is 10.8. The van der Waals surface area contributed by atoms with Crippen LogP contribution in [0.5, 0.6) is 0 Å². The summed E-state index contributed by atoms with van der Waals surface area (Å²) in [7, 11) is 0. The van der Waals surface area contributed by atoms with Crippen LogP contribution in [0.4, 0.5) is 10.5 Å². The molecule has 2 amide bonds. The van der Waals surface area contributed by atoms with Crippen LogP contribution < -0.4 is 10.2 Å². The number of amides is 2. The highest BCUT2D eigenvalue weighted by Gasteiger charge is 2.35. The quantitative estimate of drug-likeness (QED) is 0.835. The van der Waals surface area contributed by atoms with Gasteiger partial charge >= 0.3 is 6.03 Å². The largest absolute Gasteiger partial charge is 0.367 e. The molecule has 0 saturated carbocycles. The van der Waals surface area contributed by atoms with Crippen molar-refractivity contribution in [2.24, 2.45) is 0 Å². The van der Waals surface area contributed by atoms with E-state index < -0.39 is 0 Å². The fourth-order valence-electron chi connectivity index (χ4n) is 3.08. The minimum Gasteiger partial charge on any atom is -0.367 e. The zero-order valence-corrected chi connectivity index (χ0v) is 11.5. The Morgan fingerprint density at radius 1 is 1.35 bits per heavy atom. The topological polar surface area (TPSA) is 64.3 Å². The molecule has 2 aliphatic heterocycles. The maximum absolute atomic E-state index is 11.6. The number of aromatic nitrogens is 2. The summed E-state index contributed by atoms with van der Waals surface area (Å²) in [4.78, 5) is 15.8. The summed E-state index contributed by atoms with van der Waals surface area (Å²) in [5.41, 5.74) is 2.02. The van der Waals surface area contributed by atoms with Crippen LogP contribution in [0.15, 0.2) is 18.3 Å². The number of nitrogens with zero attached hydrogens (tertiary/aromatic N) is 3. The number of carbonyl (C=O) groups is 1. The maximum Gasteiger partial charge on any atom is 0.317 e. The van der Waals surface area contributed by atoms with Gasteiger partial charge in [-0.15, -0.1) is 0 Å². The molecule has 1 aromatic heterocycles. The number of carbonyl (C=O) groups excluding carboxylic acids is 1. The SMILES string of the molecule is O=C1NCC2CN(c3cc(Cl)cc4[nH]ncc34)CCN12. The molecule has 0 spiro atoms. The first-order chi connectivity index (χ1) is 9.72. The second kappa shape index (κ2) is 4.28. The number of aromatic amines is 1. The minimum absolute atomic E-state index is 0.0502. The molecule has 6 nitrogen and oxygen atoms in total. The highest BCUT2D eigenvalue weighted by molar-refractivity contribution is 6.31. The zero-order chi connectivity index (χ0) is 13.7. The number of H-pyrrole nitrogens is 1. The molecule has 1 aromatic carbocycles. The van der Waals surface area contributed by atoms with Crippen LogP contribution in [-0.4, -0.2) is 53.3 Å². The maximum atomic E-state index is 11.6. The highest BCUT2D eigenvalue weighted by Crippen LogP contribution is 2.31. The Kier molecular flexibility index (Phi) is 2.53. The first-order valence-electron chi connectivity index (χ1n) is 6.64. The molecular weight excluding hydrogens is 278 g/mol. The van der Waals surface area contributed by atoms with Crippen LogP contribution in [0.2, 0.25) is 5.02 Å². The molecule has 20 heavy (non-hydrogen) atoms. The van der Waals surface area contributed by atoms with Gasteiger partial charge in [0, 0.05) is 42.3 Å². The fraction of sp³-hybridized carbons (Fsp3) is 0.385. The van der Waals surface area contributed by atoms with Gasteiger partial charge < -0.3 is 15.1 Å². The molecule has 0 aliphatic carbocycles. The number of hydrogen-bond donors (Lipinski definition) is 2. The second-order valence-electron chi connectivity index (χ2n) is 5.24. The van der Waals surface area contributed by atoms with E-state index in [1.165, 1.54) is 0 Å². The summed E-state index contributed by atoms with van der Waals surface area (Å²) in [5, 5.41) is 11.7. The van der Waals surface area contributed by atoms with E-state index in [1.807, 2.05) is 23.2 Å². The van der Waals surface area contributed by atoms with Crippen LogP contribution in [-0.2, 0) is 0 Å². The third kappa shape index (κ3) is 1.71. The molecule has 4 rings (SSSR count). The van der Waals surface area contributed by atoms with E-state index in [1.54, 1.807) is 0 Å². The number of anilines is 1. The van der Waals surface area contributed by atoms with E-state index in [9.17, 15) is 4.79 Å². The van der Waals surface area contributed by atoms with Crippen molar-refractivity contribution in [1.29, 1.82) is 0 Å². The second-order valence-corrected chi connectivity index (χ2v) is 5.67. The normalized spacial score (nSPS) is 22.2. The van der Waals surface area contributed by atoms with Gasteiger partial charge in [-0.25, -0.2) is 4.79 Å². The van der Waals surface area contributed by atoms with Crippen molar-refractivity contribution in [2.75, 3.05) is 31.1 Å². The molecule has 2 N–H and O–H groups in total. The number of rotatable bonds is 1. The molecule has 104 valence electrons. The van der Waals surface area contributed by atoms with E-state index >= 15 is 0 Å². The predicted octanol–water partition coefficient (Wildman–Crippen LogP) is 1.43. The molecule has 1 atom stereocenters. The van der Waals surface area contributed by atoms with Crippen LogP contribution in [0.3, 0.4) is 0 Å². The van der Waals surface area contributed by atoms with Crippen LogP contribution >= 0.6 is 11.6 Å². The number of urea groups is 1. The van der Waals surface area contributed by atoms with Gasteiger partial charge in [-0.2, -0.15) is 5.10 Å². The minimum atomic E-state index is 0.0502. The Bertz CT molecular complexity index is 684. The van der Waals surface area contributed by atoms with Crippen molar-refractivity contribution < 1.29 is 4.79 Å². The van der Waals surface area contributed by atoms with Gasteiger partial charge in [-0.3, -0.25) is 5.10 Å². The molecule has 1 unspecified atom stereocenters. The molecule has 2 aromatic rings. The standard InChI is InChI=1S/C13H14ClN5O/c14-8-3-11-10(6-16-17-11)12(4-8)18-1-2-19-9(7-18)5-15-13(19)20/h3-4,6,9H,1-2,5,7H2,(H,15,20)(H,16,17). The summed E-state index contributed by atoms with van der Waals surface area (Å²) >= 11 is 6.18. The van der Waals surface area contributed by atoms with E-state index in [0.29, 0.717) is 11.6 Å². The first-order valence-corrected chi connectivity index (χ1v) is 7.02. The summed E-state index contributed by atoms with van der Waals surface area (Å²) in [6.07, 6.45) is 1.82. The smallest absolute Gasteiger partial charge is 0.317 e. The van der Waals surface area contributed by atoms with Gasteiger partial charge in [-0.05, 0) is 12.1 Å². The van der Waals surface area contributed by atoms with Gasteiger partial charge in [0.25, 0.3) is 0 Å². The first kappa shape index (κ1) is 11.8. The van der Waals surface area contributed by atoms with Gasteiger partial charge in [0.2, 0.25) is 0 Å². The number of hydrogen-bond acceptors (Lipinski definition) is 3. The Morgan fingerprint density at radius 3 is 3.15 bits per heavy atom. The van der Waals surface area contributed by atoms with Gasteiger partial charge in [0.05, 0.1) is 17.8 Å².